The van der Waals surface area contributed by atoms with E-state index in [2.05, 4.69) is 13.8 Å². The van der Waals surface area contributed by atoms with Gasteiger partial charge in [0, 0.05) is 12.3 Å². The average molecular weight is 222 g/mol. The highest BCUT2D eigenvalue weighted by molar-refractivity contribution is 7.23. The van der Waals surface area contributed by atoms with E-state index in [9.17, 15) is 9.13 Å². The first-order valence-electron chi connectivity index (χ1n) is 4.91. The zero-order valence-electron chi connectivity index (χ0n) is 8.66. The summed E-state index contributed by atoms with van der Waals surface area (Å²) >= 11 is 0. The largest absolute Gasteiger partial charge is 0.275 e. The van der Waals surface area contributed by atoms with Gasteiger partial charge in [-0.1, -0.05) is 33.1 Å². The summed E-state index contributed by atoms with van der Waals surface area (Å²) in [6.07, 6.45) is 7.46. The van der Waals surface area contributed by atoms with Crippen LogP contribution in [0, 0.1) is 0 Å². The van der Waals surface area contributed by atoms with Crippen molar-refractivity contribution in [2.75, 3.05) is 12.3 Å². The Hall–Kier alpha value is 0.200. The van der Waals surface area contributed by atoms with Crippen LogP contribution in [0.2, 0.25) is 0 Å². The lowest BCUT2D eigenvalue weighted by Gasteiger charge is -1.84. The minimum Gasteiger partial charge on any atom is -0.275 e. The molecule has 0 unspecified atom stereocenters. The second-order valence-corrected chi connectivity index (χ2v) is 4.18. The van der Waals surface area contributed by atoms with Crippen molar-refractivity contribution in [3.05, 3.63) is 0 Å². The molecule has 0 aliphatic rings. The monoisotopic (exact) mass is 222 g/mol. The Kier molecular flexibility index (Phi) is 21.8. The van der Waals surface area contributed by atoms with Gasteiger partial charge >= 0.3 is 0 Å². The van der Waals surface area contributed by atoms with Gasteiger partial charge in [-0.2, -0.15) is 0 Å². The standard InChI is InChI=1S/C5H11OP.C4H9OP/c1-2-3-4-5-7-6;1-2-3-4-6-5/h2-5H2,1H3;2-4H2,1H3. The minimum atomic E-state index is 0.295. The van der Waals surface area contributed by atoms with Crippen LogP contribution in [0.3, 0.4) is 0 Å². The summed E-state index contributed by atoms with van der Waals surface area (Å²) in [5.74, 6) is 0. The van der Waals surface area contributed by atoms with Gasteiger partial charge in [0.25, 0.3) is 0 Å². The Labute approximate surface area is 84.9 Å². The first-order chi connectivity index (χ1) is 6.33. The molecular formula is C9H20O2P2. The van der Waals surface area contributed by atoms with Crippen LogP contribution >= 0.6 is 16.9 Å². The van der Waals surface area contributed by atoms with Crippen LogP contribution in [0.5, 0.6) is 0 Å². The Morgan fingerprint density at radius 1 is 0.769 bits per heavy atom. The van der Waals surface area contributed by atoms with Crippen LogP contribution < -0.4 is 0 Å². The van der Waals surface area contributed by atoms with Gasteiger partial charge in [0.15, 0.2) is 16.9 Å². The van der Waals surface area contributed by atoms with Crippen molar-refractivity contribution in [2.45, 2.75) is 46.0 Å². The Morgan fingerprint density at radius 2 is 1.23 bits per heavy atom. The van der Waals surface area contributed by atoms with Crippen molar-refractivity contribution in [2.24, 2.45) is 0 Å². The lowest BCUT2D eigenvalue weighted by molar-refractivity contribution is 0.595. The van der Waals surface area contributed by atoms with Crippen LogP contribution in [0.25, 0.3) is 0 Å². The van der Waals surface area contributed by atoms with Crippen molar-refractivity contribution in [3.8, 4) is 0 Å². The first kappa shape index (κ1) is 15.7. The topological polar surface area (TPSA) is 34.1 Å². The maximum atomic E-state index is 9.78. The highest BCUT2D eigenvalue weighted by Crippen LogP contribution is 2.00. The molecule has 0 rings (SSSR count). The quantitative estimate of drug-likeness (QED) is 0.468. The molecule has 0 radical (unpaired) electrons. The lowest BCUT2D eigenvalue weighted by Crippen LogP contribution is -1.71. The average Bonchev–Trinajstić information content (AvgIpc) is 2.17. The maximum Gasteiger partial charge on any atom is 0.155 e. The molecule has 0 saturated carbocycles. The van der Waals surface area contributed by atoms with Gasteiger partial charge < -0.3 is 0 Å². The van der Waals surface area contributed by atoms with E-state index in [0.29, 0.717) is 16.9 Å². The molecule has 78 valence electrons. The third-order valence-corrected chi connectivity index (χ3v) is 2.45. The molecule has 0 saturated heterocycles. The van der Waals surface area contributed by atoms with Crippen molar-refractivity contribution < 1.29 is 9.13 Å². The highest BCUT2D eigenvalue weighted by Gasteiger charge is 1.81. The van der Waals surface area contributed by atoms with Gasteiger partial charge in [-0.05, 0) is 12.8 Å². The van der Waals surface area contributed by atoms with Crippen LogP contribution in [0.4, 0.5) is 0 Å². The van der Waals surface area contributed by atoms with Crippen LogP contribution in [-0.2, 0) is 9.13 Å². The van der Waals surface area contributed by atoms with Gasteiger partial charge in [0.1, 0.15) is 0 Å². The number of hydrogen-bond donors (Lipinski definition) is 0. The number of rotatable bonds is 7. The third-order valence-electron chi connectivity index (χ3n) is 1.46. The molecule has 0 aromatic carbocycles. The van der Waals surface area contributed by atoms with Gasteiger partial charge in [0.2, 0.25) is 0 Å². The summed E-state index contributed by atoms with van der Waals surface area (Å²) < 4.78 is 19.4. The van der Waals surface area contributed by atoms with Crippen molar-refractivity contribution in [3.63, 3.8) is 0 Å². The fourth-order valence-corrected chi connectivity index (χ4v) is 1.45. The zero-order valence-corrected chi connectivity index (χ0v) is 10.4. The van der Waals surface area contributed by atoms with E-state index in [-0.39, 0.29) is 0 Å². The van der Waals surface area contributed by atoms with Gasteiger partial charge in [-0.15, -0.1) is 0 Å². The molecule has 0 aromatic rings. The normalized spacial score (nSPS) is 9.69. The fraction of sp³-hybridized carbons (Fsp3) is 1.00. The van der Waals surface area contributed by atoms with Crippen molar-refractivity contribution >= 4 is 16.9 Å². The minimum absolute atomic E-state index is 0.295. The van der Waals surface area contributed by atoms with Crippen molar-refractivity contribution in [1.82, 2.24) is 0 Å². The summed E-state index contributed by atoms with van der Waals surface area (Å²) in [5, 5.41) is 0. The molecule has 4 heteroatoms. The molecule has 0 amide bonds. The first-order valence-corrected chi connectivity index (χ1v) is 6.91. The molecule has 13 heavy (non-hydrogen) atoms. The Morgan fingerprint density at radius 3 is 1.54 bits per heavy atom. The van der Waals surface area contributed by atoms with Gasteiger partial charge in [-0.3, -0.25) is 9.13 Å². The predicted octanol–water partition coefficient (Wildman–Crippen LogP) is 4.55. The second kappa shape index (κ2) is 18.1. The molecule has 0 N–H and O–H groups in total. The second-order valence-electron chi connectivity index (χ2n) is 2.77. The Bertz CT molecular complexity index is 108. The molecule has 0 bridgehead atoms. The molecule has 0 atom stereocenters. The van der Waals surface area contributed by atoms with Crippen LogP contribution in [0.15, 0.2) is 0 Å². The van der Waals surface area contributed by atoms with E-state index >= 15 is 0 Å². The molecule has 2 nitrogen and oxygen atoms in total. The van der Waals surface area contributed by atoms with E-state index in [4.69, 9.17) is 0 Å². The maximum absolute atomic E-state index is 9.78. The highest BCUT2D eigenvalue weighted by atomic mass is 31.1. The summed E-state index contributed by atoms with van der Waals surface area (Å²) in [6, 6.07) is 0. The SMILES string of the molecule is CCCCCP=O.CCCCP=O. The smallest absolute Gasteiger partial charge is 0.155 e. The van der Waals surface area contributed by atoms with Crippen molar-refractivity contribution in [1.29, 1.82) is 0 Å². The van der Waals surface area contributed by atoms with E-state index in [1.165, 1.54) is 12.8 Å². The molecule has 0 aliphatic carbocycles. The van der Waals surface area contributed by atoms with E-state index in [1.54, 1.807) is 0 Å². The molecule has 0 spiro atoms. The molecule has 0 fully saturated rings. The molecule has 0 heterocycles. The van der Waals surface area contributed by atoms with Crippen LogP contribution in [-0.4, -0.2) is 12.3 Å². The van der Waals surface area contributed by atoms with E-state index in [0.717, 1.165) is 31.6 Å². The Balaban J connectivity index is 0. The summed E-state index contributed by atoms with van der Waals surface area (Å²) in [6.45, 7) is 4.23. The fourth-order valence-electron chi connectivity index (χ4n) is 0.649. The van der Waals surface area contributed by atoms with E-state index in [1.807, 2.05) is 0 Å². The third kappa shape index (κ3) is 24.5. The molecule has 0 aliphatic heterocycles. The summed E-state index contributed by atoms with van der Waals surface area (Å²) in [7, 11) is 0.600. The van der Waals surface area contributed by atoms with E-state index < -0.39 is 0 Å². The molecule has 0 aromatic heterocycles. The zero-order chi connectivity index (χ0) is 10.4. The van der Waals surface area contributed by atoms with Gasteiger partial charge in [-0.25, -0.2) is 0 Å². The predicted molar refractivity (Wildman–Crippen MR) is 59.4 cm³/mol. The summed E-state index contributed by atoms with van der Waals surface area (Å²) in [5.41, 5.74) is 0. The molecular weight excluding hydrogens is 202 g/mol. The number of unbranched alkanes of at least 4 members (excludes halogenated alkanes) is 3. The lowest BCUT2D eigenvalue weighted by atomic mass is 10.3. The number of hydrogen-bond acceptors (Lipinski definition) is 2. The van der Waals surface area contributed by atoms with Gasteiger partial charge in [0.05, 0.1) is 0 Å². The summed E-state index contributed by atoms with van der Waals surface area (Å²) in [4.78, 5) is 0. The van der Waals surface area contributed by atoms with Crippen LogP contribution in [0.1, 0.15) is 46.0 Å².